The number of ether oxygens (including phenoxy) is 1. The Labute approximate surface area is 152 Å². The number of hydrogen-bond acceptors (Lipinski definition) is 3. The second kappa shape index (κ2) is 7.70. The van der Waals surface area contributed by atoms with Crippen LogP contribution in [0.3, 0.4) is 0 Å². The van der Waals surface area contributed by atoms with Crippen LogP contribution >= 0.6 is 0 Å². The molecule has 0 atom stereocenters. The number of nitrogens with zero attached hydrogens (tertiary/aromatic N) is 1. The standard InChI is InChI=1S/C21H20N2O3/c1-23(2)20(24)14-26-19-11-9-18(10-12-19)22-21(25)17-8-7-15-5-3-4-6-16(15)13-17/h3-13H,14H2,1-2H3,(H,22,25). The molecule has 2 amide bonds. The molecule has 3 aromatic carbocycles. The Kier molecular flexibility index (Phi) is 5.17. The summed E-state index contributed by atoms with van der Waals surface area (Å²) >= 11 is 0. The minimum absolute atomic E-state index is 0.0181. The zero-order valence-corrected chi connectivity index (χ0v) is 14.7. The van der Waals surface area contributed by atoms with E-state index in [-0.39, 0.29) is 18.4 Å². The average molecular weight is 348 g/mol. The van der Waals surface area contributed by atoms with Gasteiger partial charge in [0.1, 0.15) is 5.75 Å². The Morgan fingerprint density at radius 2 is 1.62 bits per heavy atom. The zero-order chi connectivity index (χ0) is 18.5. The fraction of sp³-hybridized carbons (Fsp3) is 0.143. The van der Waals surface area contributed by atoms with Gasteiger partial charge in [-0.25, -0.2) is 0 Å². The number of rotatable bonds is 5. The van der Waals surface area contributed by atoms with Crippen LogP contribution in [-0.4, -0.2) is 37.4 Å². The first-order chi connectivity index (χ1) is 12.5. The molecule has 0 aromatic heterocycles. The Balaban J connectivity index is 1.64. The van der Waals surface area contributed by atoms with E-state index >= 15 is 0 Å². The molecule has 0 aliphatic rings. The van der Waals surface area contributed by atoms with Gasteiger partial charge in [-0.2, -0.15) is 0 Å². The highest BCUT2D eigenvalue weighted by atomic mass is 16.5. The van der Waals surface area contributed by atoms with Crippen LogP contribution in [0.4, 0.5) is 5.69 Å². The fourth-order valence-corrected chi connectivity index (χ4v) is 2.44. The van der Waals surface area contributed by atoms with Gasteiger partial charge >= 0.3 is 0 Å². The maximum Gasteiger partial charge on any atom is 0.259 e. The molecule has 5 nitrogen and oxygen atoms in total. The van der Waals surface area contributed by atoms with Crippen LogP contribution in [0.1, 0.15) is 10.4 Å². The van der Waals surface area contributed by atoms with Crippen molar-refractivity contribution in [3.8, 4) is 5.75 Å². The molecule has 5 heteroatoms. The lowest BCUT2D eigenvalue weighted by atomic mass is 10.1. The van der Waals surface area contributed by atoms with E-state index in [0.29, 0.717) is 17.0 Å². The highest BCUT2D eigenvalue weighted by Gasteiger charge is 2.08. The number of nitrogens with one attached hydrogen (secondary N) is 1. The van der Waals surface area contributed by atoms with Gasteiger partial charge in [0.2, 0.25) is 0 Å². The monoisotopic (exact) mass is 348 g/mol. The molecule has 0 saturated heterocycles. The lowest BCUT2D eigenvalue weighted by Crippen LogP contribution is -2.27. The molecule has 1 N–H and O–H groups in total. The molecule has 0 aliphatic carbocycles. The van der Waals surface area contributed by atoms with Crippen molar-refractivity contribution < 1.29 is 14.3 Å². The third kappa shape index (κ3) is 4.19. The van der Waals surface area contributed by atoms with Gasteiger partial charge in [-0.3, -0.25) is 9.59 Å². The Morgan fingerprint density at radius 1 is 0.923 bits per heavy atom. The number of likely N-dealkylation sites (N-methyl/N-ethyl adjacent to an activating group) is 1. The smallest absolute Gasteiger partial charge is 0.259 e. The third-order valence-electron chi connectivity index (χ3n) is 3.98. The van der Waals surface area contributed by atoms with Crippen LogP contribution < -0.4 is 10.1 Å². The quantitative estimate of drug-likeness (QED) is 0.767. The van der Waals surface area contributed by atoms with Crippen molar-refractivity contribution in [2.24, 2.45) is 0 Å². The molecule has 0 saturated carbocycles. The number of carbonyl (C=O) groups excluding carboxylic acids is 2. The van der Waals surface area contributed by atoms with E-state index in [4.69, 9.17) is 4.74 Å². The summed E-state index contributed by atoms with van der Waals surface area (Å²) in [6.45, 7) is -0.0181. The summed E-state index contributed by atoms with van der Waals surface area (Å²) in [4.78, 5) is 25.4. The summed E-state index contributed by atoms with van der Waals surface area (Å²) in [5, 5.41) is 4.98. The molecule has 0 bridgehead atoms. The van der Waals surface area contributed by atoms with Crippen LogP contribution in [0.15, 0.2) is 66.7 Å². The van der Waals surface area contributed by atoms with Crippen molar-refractivity contribution in [1.82, 2.24) is 4.90 Å². The Hall–Kier alpha value is -3.34. The molecule has 0 unspecified atom stereocenters. The predicted molar refractivity (Wildman–Crippen MR) is 103 cm³/mol. The number of fused-ring (bicyclic) bond motifs is 1. The van der Waals surface area contributed by atoms with E-state index < -0.39 is 0 Å². The van der Waals surface area contributed by atoms with Crippen LogP contribution in [0, 0.1) is 0 Å². The van der Waals surface area contributed by atoms with Crippen molar-refractivity contribution in [2.45, 2.75) is 0 Å². The van der Waals surface area contributed by atoms with E-state index in [2.05, 4.69) is 5.32 Å². The van der Waals surface area contributed by atoms with Crippen molar-refractivity contribution in [1.29, 1.82) is 0 Å². The summed E-state index contributed by atoms with van der Waals surface area (Å²) in [6.07, 6.45) is 0. The first kappa shape index (κ1) is 17.5. The van der Waals surface area contributed by atoms with E-state index in [0.717, 1.165) is 10.8 Å². The van der Waals surface area contributed by atoms with Crippen molar-refractivity contribution in [3.05, 3.63) is 72.3 Å². The van der Waals surface area contributed by atoms with E-state index in [1.165, 1.54) is 4.90 Å². The van der Waals surface area contributed by atoms with E-state index in [1.807, 2.05) is 42.5 Å². The maximum absolute atomic E-state index is 12.4. The van der Waals surface area contributed by atoms with Gasteiger partial charge in [-0.15, -0.1) is 0 Å². The number of hydrogen-bond donors (Lipinski definition) is 1. The number of amides is 2. The number of benzene rings is 3. The summed E-state index contributed by atoms with van der Waals surface area (Å²) in [7, 11) is 3.36. The molecule has 26 heavy (non-hydrogen) atoms. The SMILES string of the molecule is CN(C)C(=O)COc1ccc(NC(=O)c2ccc3ccccc3c2)cc1. The Morgan fingerprint density at radius 3 is 2.31 bits per heavy atom. The zero-order valence-electron chi connectivity index (χ0n) is 14.7. The maximum atomic E-state index is 12.4. The van der Waals surface area contributed by atoms with Gasteiger partial charge in [0.15, 0.2) is 6.61 Å². The molecule has 3 aromatic rings. The second-order valence-corrected chi connectivity index (χ2v) is 6.12. The van der Waals surface area contributed by atoms with Crippen molar-refractivity contribution in [2.75, 3.05) is 26.0 Å². The van der Waals surface area contributed by atoms with E-state index in [1.54, 1.807) is 38.4 Å². The minimum Gasteiger partial charge on any atom is -0.484 e. The van der Waals surface area contributed by atoms with Crippen LogP contribution in [0.2, 0.25) is 0 Å². The summed E-state index contributed by atoms with van der Waals surface area (Å²) in [5.74, 6) is 0.287. The number of anilines is 1. The number of carbonyl (C=O) groups is 2. The molecular formula is C21H20N2O3. The second-order valence-electron chi connectivity index (χ2n) is 6.12. The lowest BCUT2D eigenvalue weighted by Gasteiger charge is -2.12. The van der Waals surface area contributed by atoms with Gasteiger partial charge in [0, 0.05) is 25.3 Å². The molecular weight excluding hydrogens is 328 g/mol. The van der Waals surface area contributed by atoms with Crippen LogP contribution in [0.5, 0.6) is 5.75 Å². The highest BCUT2D eigenvalue weighted by Crippen LogP contribution is 2.19. The molecule has 0 heterocycles. The summed E-state index contributed by atoms with van der Waals surface area (Å²) < 4.78 is 5.42. The van der Waals surface area contributed by atoms with Gasteiger partial charge in [-0.1, -0.05) is 30.3 Å². The topological polar surface area (TPSA) is 58.6 Å². The molecule has 0 radical (unpaired) electrons. The molecule has 0 aliphatic heterocycles. The minimum atomic E-state index is -0.174. The highest BCUT2D eigenvalue weighted by molar-refractivity contribution is 6.06. The predicted octanol–water partition coefficient (Wildman–Crippen LogP) is 3.56. The molecule has 132 valence electrons. The molecule has 3 rings (SSSR count). The van der Waals surface area contributed by atoms with Crippen molar-refractivity contribution in [3.63, 3.8) is 0 Å². The third-order valence-corrected chi connectivity index (χ3v) is 3.98. The van der Waals surface area contributed by atoms with Crippen LogP contribution in [0.25, 0.3) is 10.8 Å². The van der Waals surface area contributed by atoms with Crippen LogP contribution in [-0.2, 0) is 4.79 Å². The Bertz CT molecular complexity index is 933. The average Bonchev–Trinajstić information content (AvgIpc) is 2.66. The summed E-state index contributed by atoms with van der Waals surface area (Å²) in [5.41, 5.74) is 1.26. The van der Waals surface area contributed by atoms with Gasteiger partial charge in [0.25, 0.3) is 11.8 Å². The van der Waals surface area contributed by atoms with Crippen molar-refractivity contribution >= 4 is 28.3 Å². The summed E-state index contributed by atoms with van der Waals surface area (Å²) in [6, 6.07) is 20.5. The fourth-order valence-electron chi connectivity index (χ4n) is 2.44. The molecule has 0 fully saturated rings. The largest absolute Gasteiger partial charge is 0.484 e. The van der Waals surface area contributed by atoms with Gasteiger partial charge in [-0.05, 0) is 47.2 Å². The van der Waals surface area contributed by atoms with Gasteiger partial charge in [0.05, 0.1) is 0 Å². The van der Waals surface area contributed by atoms with Gasteiger partial charge < -0.3 is 15.0 Å². The lowest BCUT2D eigenvalue weighted by molar-refractivity contribution is -0.130. The molecule has 0 spiro atoms. The first-order valence-corrected chi connectivity index (χ1v) is 8.26. The first-order valence-electron chi connectivity index (χ1n) is 8.26. The van der Waals surface area contributed by atoms with E-state index in [9.17, 15) is 9.59 Å². The normalized spacial score (nSPS) is 10.4.